The molecule has 1 fully saturated rings. The van der Waals surface area contributed by atoms with Gasteiger partial charge in [-0.2, -0.15) is 0 Å². The van der Waals surface area contributed by atoms with Crippen LogP contribution in [-0.4, -0.2) is 60.1 Å². The van der Waals surface area contributed by atoms with Crippen molar-refractivity contribution < 1.29 is 24.0 Å². The van der Waals surface area contributed by atoms with E-state index in [4.69, 9.17) is 5.53 Å². The van der Waals surface area contributed by atoms with Crippen LogP contribution in [-0.2, 0) is 14.4 Å². The van der Waals surface area contributed by atoms with E-state index in [2.05, 4.69) is 26.0 Å². The molecule has 2 aliphatic heterocycles. The van der Waals surface area contributed by atoms with E-state index in [0.29, 0.717) is 0 Å². The predicted molar refractivity (Wildman–Crippen MR) is 98.6 cm³/mol. The highest BCUT2D eigenvalue weighted by Gasteiger charge is 2.45. The van der Waals surface area contributed by atoms with Gasteiger partial charge in [0.15, 0.2) is 0 Å². The minimum absolute atomic E-state index is 0.0327. The summed E-state index contributed by atoms with van der Waals surface area (Å²) in [5.74, 6) is -2.82. The molecule has 29 heavy (non-hydrogen) atoms. The van der Waals surface area contributed by atoms with Crippen LogP contribution in [0.4, 0.5) is 5.69 Å². The second kappa shape index (κ2) is 8.40. The van der Waals surface area contributed by atoms with Crippen molar-refractivity contribution in [1.82, 2.24) is 15.5 Å². The highest BCUT2D eigenvalue weighted by atomic mass is 16.2. The largest absolute Gasteiger partial charge is 0.375 e. The molecule has 2 aliphatic rings. The average molecular weight is 399 g/mol. The van der Waals surface area contributed by atoms with Crippen LogP contribution in [0.3, 0.4) is 0 Å². The second-order valence-electron chi connectivity index (χ2n) is 6.33. The van der Waals surface area contributed by atoms with Gasteiger partial charge in [-0.3, -0.25) is 34.2 Å². The Morgan fingerprint density at radius 3 is 2.79 bits per heavy atom. The van der Waals surface area contributed by atoms with E-state index in [0.717, 1.165) is 4.90 Å². The molecule has 0 radical (unpaired) electrons. The summed E-state index contributed by atoms with van der Waals surface area (Å²) < 4.78 is 0. The lowest BCUT2D eigenvalue weighted by Crippen LogP contribution is -2.54. The SMILES string of the molecule is [N-]=[N+]=NCCNC(=O)CNc1cccc2c1C(=O)N(C1CCC(=O)NC1=O)C2=O. The summed E-state index contributed by atoms with van der Waals surface area (Å²) in [6.07, 6.45) is 0.0947. The fourth-order valence-corrected chi connectivity index (χ4v) is 3.19. The summed E-state index contributed by atoms with van der Waals surface area (Å²) in [6, 6.07) is 3.51. The number of piperidine rings is 1. The number of carbonyl (C=O) groups excluding carboxylic acids is 5. The van der Waals surface area contributed by atoms with Gasteiger partial charge in [0.1, 0.15) is 6.04 Å². The lowest BCUT2D eigenvalue weighted by atomic mass is 10.0. The standard InChI is InChI=1S/C17H17N7O5/c18-23-21-7-6-19-13(26)8-20-10-3-1-2-9-14(10)17(29)24(16(9)28)11-4-5-12(25)22-15(11)27/h1-3,11,20H,4-8H2,(H,19,26)(H,22,25,27). The Morgan fingerprint density at radius 2 is 2.07 bits per heavy atom. The van der Waals surface area contributed by atoms with Crippen LogP contribution in [0.2, 0.25) is 0 Å². The maximum atomic E-state index is 12.9. The number of anilines is 1. The first-order chi connectivity index (χ1) is 13.9. The minimum atomic E-state index is -1.06. The molecule has 0 spiro atoms. The van der Waals surface area contributed by atoms with Gasteiger partial charge in [-0.1, -0.05) is 11.2 Å². The first kappa shape index (κ1) is 19.8. The van der Waals surface area contributed by atoms with Crippen LogP contribution in [0.15, 0.2) is 23.3 Å². The maximum absolute atomic E-state index is 12.9. The van der Waals surface area contributed by atoms with Crippen molar-refractivity contribution >= 4 is 35.2 Å². The zero-order valence-corrected chi connectivity index (χ0v) is 15.2. The van der Waals surface area contributed by atoms with Gasteiger partial charge in [0.05, 0.1) is 17.7 Å². The number of amides is 5. The third-order valence-corrected chi connectivity index (χ3v) is 4.50. The first-order valence-electron chi connectivity index (χ1n) is 8.80. The van der Waals surface area contributed by atoms with Gasteiger partial charge in [-0.15, -0.1) is 0 Å². The van der Waals surface area contributed by atoms with Gasteiger partial charge in [0.2, 0.25) is 17.7 Å². The van der Waals surface area contributed by atoms with Crippen LogP contribution in [0, 0.1) is 0 Å². The molecule has 0 bridgehead atoms. The average Bonchev–Trinajstić information content (AvgIpc) is 2.95. The van der Waals surface area contributed by atoms with Crippen molar-refractivity contribution in [2.45, 2.75) is 18.9 Å². The summed E-state index contributed by atoms with van der Waals surface area (Å²) in [6.45, 7) is 0.0989. The molecule has 1 saturated heterocycles. The molecule has 1 unspecified atom stereocenters. The van der Waals surface area contributed by atoms with Gasteiger partial charge < -0.3 is 10.6 Å². The van der Waals surface area contributed by atoms with Crippen molar-refractivity contribution in [2.75, 3.05) is 25.0 Å². The number of imide groups is 2. The molecule has 3 rings (SSSR count). The molecule has 1 aromatic carbocycles. The summed E-state index contributed by atoms with van der Waals surface area (Å²) >= 11 is 0. The molecule has 0 aliphatic carbocycles. The van der Waals surface area contributed by atoms with E-state index >= 15 is 0 Å². The number of benzene rings is 1. The van der Waals surface area contributed by atoms with Gasteiger partial charge in [0, 0.05) is 30.1 Å². The van der Waals surface area contributed by atoms with Crippen molar-refractivity contribution in [3.8, 4) is 0 Å². The number of nitrogens with one attached hydrogen (secondary N) is 3. The molecule has 0 saturated carbocycles. The van der Waals surface area contributed by atoms with Crippen LogP contribution in [0.25, 0.3) is 10.4 Å². The van der Waals surface area contributed by atoms with E-state index in [9.17, 15) is 24.0 Å². The quantitative estimate of drug-likeness (QED) is 0.190. The Hall–Kier alpha value is -3.92. The van der Waals surface area contributed by atoms with Crippen molar-refractivity contribution in [3.63, 3.8) is 0 Å². The summed E-state index contributed by atoms with van der Waals surface area (Å²) in [5, 5.41) is 10.8. The normalized spacial score (nSPS) is 18.1. The van der Waals surface area contributed by atoms with Crippen LogP contribution < -0.4 is 16.0 Å². The Labute approximate surface area is 164 Å². The zero-order chi connectivity index (χ0) is 21.0. The Bertz CT molecular complexity index is 953. The zero-order valence-electron chi connectivity index (χ0n) is 15.2. The van der Waals surface area contributed by atoms with Gasteiger partial charge in [-0.25, -0.2) is 0 Å². The Morgan fingerprint density at radius 1 is 1.28 bits per heavy atom. The van der Waals surface area contributed by atoms with Crippen LogP contribution >= 0.6 is 0 Å². The van der Waals surface area contributed by atoms with Crippen LogP contribution in [0.1, 0.15) is 33.6 Å². The van der Waals surface area contributed by atoms with Crippen molar-refractivity contribution in [3.05, 3.63) is 39.8 Å². The highest BCUT2D eigenvalue weighted by molar-refractivity contribution is 6.25. The molecular weight excluding hydrogens is 382 g/mol. The second-order valence-corrected chi connectivity index (χ2v) is 6.33. The third kappa shape index (κ3) is 4.01. The van der Waals surface area contributed by atoms with E-state index in [1.807, 2.05) is 0 Å². The molecule has 3 N–H and O–H groups in total. The molecule has 12 nitrogen and oxygen atoms in total. The highest BCUT2D eigenvalue weighted by Crippen LogP contribution is 2.32. The lowest BCUT2D eigenvalue weighted by molar-refractivity contribution is -0.136. The molecule has 1 atom stereocenters. The monoisotopic (exact) mass is 399 g/mol. The Balaban J connectivity index is 1.73. The third-order valence-electron chi connectivity index (χ3n) is 4.50. The molecule has 5 amide bonds. The van der Waals surface area contributed by atoms with Crippen LogP contribution in [0.5, 0.6) is 0 Å². The van der Waals surface area contributed by atoms with E-state index in [-0.39, 0.29) is 49.3 Å². The predicted octanol–water partition coefficient (Wildman–Crippen LogP) is -0.0738. The van der Waals surface area contributed by atoms with E-state index in [1.165, 1.54) is 6.07 Å². The molecule has 150 valence electrons. The molecular formula is C17H17N7O5. The molecule has 1 aromatic rings. The fourth-order valence-electron chi connectivity index (χ4n) is 3.19. The Kier molecular flexibility index (Phi) is 5.74. The summed E-state index contributed by atoms with van der Waals surface area (Å²) in [7, 11) is 0. The number of rotatable bonds is 7. The minimum Gasteiger partial charge on any atom is -0.375 e. The smallest absolute Gasteiger partial charge is 0.264 e. The van der Waals surface area contributed by atoms with Crippen molar-refractivity contribution in [1.29, 1.82) is 0 Å². The van der Waals surface area contributed by atoms with Gasteiger partial charge in [-0.05, 0) is 24.1 Å². The van der Waals surface area contributed by atoms with Gasteiger partial charge in [0.25, 0.3) is 11.8 Å². The fraction of sp³-hybridized carbons (Fsp3) is 0.353. The first-order valence-corrected chi connectivity index (χ1v) is 8.80. The number of carbonyl (C=O) groups is 5. The molecule has 12 heteroatoms. The lowest BCUT2D eigenvalue weighted by Gasteiger charge is -2.27. The topological polar surface area (TPSA) is 173 Å². The van der Waals surface area contributed by atoms with Crippen molar-refractivity contribution in [2.24, 2.45) is 5.11 Å². The maximum Gasteiger partial charge on any atom is 0.264 e. The molecule has 2 heterocycles. The summed E-state index contributed by atoms with van der Waals surface area (Å²) in [5.41, 5.74) is 8.66. The van der Waals surface area contributed by atoms with E-state index in [1.54, 1.807) is 12.1 Å². The number of nitrogens with zero attached hydrogens (tertiary/aromatic N) is 4. The summed E-state index contributed by atoms with van der Waals surface area (Å²) in [4.78, 5) is 64.3. The van der Waals surface area contributed by atoms with Gasteiger partial charge >= 0.3 is 0 Å². The number of hydrogen-bond donors (Lipinski definition) is 3. The van der Waals surface area contributed by atoms with E-state index < -0.39 is 35.6 Å². The number of hydrogen-bond acceptors (Lipinski definition) is 7. The number of fused-ring (bicyclic) bond motifs is 1. The molecule has 0 aromatic heterocycles. The number of azide groups is 1.